The summed E-state index contributed by atoms with van der Waals surface area (Å²) < 4.78 is 2.05. The Hall–Kier alpha value is -1.56. The van der Waals surface area contributed by atoms with Gasteiger partial charge in [0.1, 0.15) is 0 Å². The lowest BCUT2D eigenvalue weighted by Crippen LogP contribution is -2.50. The summed E-state index contributed by atoms with van der Waals surface area (Å²) in [4.78, 5) is 23.5. The van der Waals surface area contributed by atoms with E-state index in [0.717, 1.165) is 45.2 Å². The van der Waals surface area contributed by atoms with Crippen molar-refractivity contribution in [1.82, 2.24) is 19.4 Å². The minimum atomic E-state index is 0.312. The fraction of sp³-hybridized carbons (Fsp3) is 0.750. The molecule has 0 N–H and O–H groups in total. The summed E-state index contributed by atoms with van der Waals surface area (Å²) in [5.74, 6) is 1.34. The lowest BCUT2D eigenvalue weighted by Gasteiger charge is -2.35. The molecule has 0 saturated carbocycles. The molecule has 6 nitrogen and oxygen atoms in total. The molecule has 0 atom stereocenters. The zero-order valence-electron chi connectivity index (χ0n) is 13.6. The Balaban J connectivity index is 1.47. The third kappa shape index (κ3) is 3.61. The highest BCUT2D eigenvalue weighted by atomic mass is 16.2. The molecule has 0 aliphatic carbocycles. The minimum absolute atomic E-state index is 0.312. The van der Waals surface area contributed by atoms with E-state index in [0.29, 0.717) is 12.5 Å². The number of aryl methyl sites for hydroxylation is 1. The van der Waals surface area contributed by atoms with Crippen LogP contribution in [-0.2, 0) is 11.8 Å². The SMILES string of the molecule is Cn1ccnc1N1CCN(CC(=O)N2CCCCCC2)CC1. The van der Waals surface area contributed by atoms with Gasteiger partial charge in [-0.05, 0) is 12.8 Å². The van der Waals surface area contributed by atoms with Crippen LogP contribution in [0.5, 0.6) is 0 Å². The number of carbonyl (C=O) groups excluding carboxylic acids is 1. The second-order valence-corrected chi connectivity index (χ2v) is 6.40. The van der Waals surface area contributed by atoms with E-state index >= 15 is 0 Å². The van der Waals surface area contributed by atoms with Crippen LogP contribution in [0.15, 0.2) is 12.4 Å². The molecule has 22 heavy (non-hydrogen) atoms. The van der Waals surface area contributed by atoms with E-state index in [4.69, 9.17) is 0 Å². The molecule has 2 aliphatic heterocycles. The number of anilines is 1. The van der Waals surface area contributed by atoms with E-state index in [1.807, 2.05) is 19.4 Å². The number of nitrogens with zero attached hydrogens (tertiary/aromatic N) is 5. The lowest BCUT2D eigenvalue weighted by atomic mass is 10.2. The van der Waals surface area contributed by atoms with E-state index in [1.54, 1.807) is 0 Å². The number of amides is 1. The topological polar surface area (TPSA) is 44.6 Å². The number of carbonyl (C=O) groups is 1. The molecule has 122 valence electrons. The van der Waals surface area contributed by atoms with E-state index in [2.05, 4.69) is 24.3 Å². The third-order valence-electron chi connectivity index (χ3n) is 4.77. The number of likely N-dealkylation sites (tertiary alicyclic amines) is 1. The van der Waals surface area contributed by atoms with Gasteiger partial charge in [-0.1, -0.05) is 12.8 Å². The second kappa shape index (κ2) is 7.13. The summed E-state index contributed by atoms with van der Waals surface area (Å²) in [5, 5.41) is 0. The molecular weight excluding hydrogens is 278 g/mol. The predicted molar refractivity (Wildman–Crippen MR) is 86.9 cm³/mol. The van der Waals surface area contributed by atoms with Gasteiger partial charge in [0.15, 0.2) is 0 Å². The maximum Gasteiger partial charge on any atom is 0.236 e. The number of imidazole rings is 1. The molecule has 1 amide bonds. The molecule has 2 saturated heterocycles. The minimum Gasteiger partial charge on any atom is -0.342 e. The lowest BCUT2D eigenvalue weighted by molar-refractivity contribution is -0.132. The summed E-state index contributed by atoms with van der Waals surface area (Å²) >= 11 is 0. The molecule has 1 aromatic heterocycles. The van der Waals surface area contributed by atoms with Crippen molar-refractivity contribution in [2.24, 2.45) is 7.05 Å². The molecule has 0 aromatic carbocycles. The molecule has 1 aromatic rings. The highest BCUT2D eigenvalue weighted by molar-refractivity contribution is 5.78. The number of piperazine rings is 1. The van der Waals surface area contributed by atoms with Crippen LogP contribution >= 0.6 is 0 Å². The molecule has 0 bridgehead atoms. The largest absolute Gasteiger partial charge is 0.342 e. The fourth-order valence-corrected chi connectivity index (χ4v) is 3.38. The molecular formula is C16H27N5O. The number of hydrogen-bond donors (Lipinski definition) is 0. The Morgan fingerprint density at radius 3 is 2.32 bits per heavy atom. The maximum atomic E-state index is 12.4. The van der Waals surface area contributed by atoms with E-state index < -0.39 is 0 Å². The quantitative estimate of drug-likeness (QED) is 0.834. The van der Waals surface area contributed by atoms with Crippen LogP contribution in [-0.4, -0.2) is 71.1 Å². The Kier molecular flexibility index (Phi) is 4.97. The van der Waals surface area contributed by atoms with Crippen LogP contribution in [0.25, 0.3) is 0 Å². The molecule has 2 aliphatic rings. The van der Waals surface area contributed by atoms with Crippen molar-refractivity contribution in [3.63, 3.8) is 0 Å². The van der Waals surface area contributed by atoms with Crippen LogP contribution in [0.3, 0.4) is 0 Å². The summed E-state index contributed by atoms with van der Waals surface area (Å²) in [6, 6.07) is 0. The van der Waals surface area contributed by atoms with Crippen molar-refractivity contribution in [2.45, 2.75) is 25.7 Å². The Labute approximate surface area is 132 Å². The standard InChI is InChI=1S/C16H27N5O/c1-18-9-6-17-16(18)21-12-10-19(11-13-21)14-15(22)20-7-4-2-3-5-8-20/h6,9H,2-5,7-8,10-14H2,1H3. The van der Waals surface area contributed by atoms with E-state index in [-0.39, 0.29) is 0 Å². The second-order valence-electron chi connectivity index (χ2n) is 6.40. The van der Waals surface area contributed by atoms with E-state index in [1.165, 1.54) is 25.7 Å². The van der Waals surface area contributed by atoms with E-state index in [9.17, 15) is 4.79 Å². The summed E-state index contributed by atoms with van der Waals surface area (Å²) in [5.41, 5.74) is 0. The van der Waals surface area contributed by atoms with Gasteiger partial charge in [0.2, 0.25) is 11.9 Å². The zero-order valence-corrected chi connectivity index (χ0v) is 13.6. The third-order valence-corrected chi connectivity index (χ3v) is 4.77. The van der Waals surface area contributed by atoms with Gasteiger partial charge < -0.3 is 14.4 Å². The molecule has 0 unspecified atom stereocenters. The van der Waals surface area contributed by atoms with Gasteiger partial charge in [0, 0.05) is 58.7 Å². The average Bonchev–Trinajstić information content (AvgIpc) is 2.78. The smallest absolute Gasteiger partial charge is 0.236 e. The first-order chi connectivity index (χ1) is 10.7. The molecule has 3 rings (SSSR count). The van der Waals surface area contributed by atoms with Gasteiger partial charge >= 0.3 is 0 Å². The predicted octanol–water partition coefficient (Wildman–Crippen LogP) is 0.945. The molecule has 3 heterocycles. The van der Waals surface area contributed by atoms with Gasteiger partial charge in [-0.25, -0.2) is 4.98 Å². The van der Waals surface area contributed by atoms with Crippen molar-refractivity contribution in [2.75, 3.05) is 50.7 Å². The van der Waals surface area contributed by atoms with Crippen molar-refractivity contribution < 1.29 is 4.79 Å². The first kappa shape index (κ1) is 15.3. The van der Waals surface area contributed by atoms with Crippen LogP contribution in [0, 0.1) is 0 Å². The zero-order chi connectivity index (χ0) is 15.4. The molecule has 6 heteroatoms. The highest BCUT2D eigenvalue weighted by Gasteiger charge is 2.23. The first-order valence-corrected chi connectivity index (χ1v) is 8.46. The van der Waals surface area contributed by atoms with Gasteiger partial charge in [-0.2, -0.15) is 0 Å². The number of hydrogen-bond acceptors (Lipinski definition) is 4. The number of rotatable bonds is 3. The summed E-state index contributed by atoms with van der Waals surface area (Å²) in [6.07, 6.45) is 8.69. The van der Waals surface area contributed by atoms with Crippen LogP contribution in [0.2, 0.25) is 0 Å². The van der Waals surface area contributed by atoms with Gasteiger partial charge in [0.25, 0.3) is 0 Å². The summed E-state index contributed by atoms with van der Waals surface area (Å²) in [6.45, 7) is 6.24. The normalized spacial score (nSPS) is 21.0. The Morgan fingerprint density at radius 2 is 1.73 bits per heavy atom. The van der Waals surface area contributed by atoms with Crippen LogP contribution < -0.4 is 4.90 Å². The molecule has 2 fully saturated rings. The fourth-order valence-electron chi connectivity index (χ4n) is 3.38. The van der Waals surface area contributed by atoms with Gasteiger partial charge in [-0.15, -0.1) is 0 Å². The van der Waals surface area contributed by atoms with Gasteiger partial charge in [-0.3, -0.25) is 9.69 Å². The van der Waals surface area contributed by atoms with Crippen molar-refractivity contribution >= 4 is 11.9 Å². The van der Waals surface area contributed by atoms with Crippen LogP contribution in [0.4, 0.5) is 5.95 Å². The van der Waals surface area contributed by atoms with Crippen molar-refractivity contribution in [1.29, 1.82) is 0 Å². The first-order valence-electron chi connectivity index (χ1n) is 8.46. The van der Waals surface area contributed by atoms with Crippen molar-refractivity contribution in [3.05, 3.63) is 12.4 Å². The monoisotopic (exact) mass is 305 g/mol. The van der Waals surface area contributed by atoms with Gasteiger partial charge in [0.05, 0.1) is 6.54 Å². The Morgan fingerprint density at radius 1 is 1.05 bits per heavy atom. The van der Waals surface area contributed by atoms with Crippen LogP contribution in [0.1, 0.15) is 25.7 Å². The molecule has 0 radical (unpaired) electrons. The van der Waals surface area contributed by atoms with Crippen molar-refractivity contribution in [3.8, 4) is 0 Å². The maximum absolute atomic E-state index is 12.4. The number of aromatic nitrogens is 2. The molecule has 0 spiro atoms. The highest BCUT2D eigenvalue weighted by Crippen LogP contribution is 2.14. The Bertz CT molecular complexity index is 484. The average molecular weight is 305 g/mol. The summed E-state index contributed by atoms with van der Waals surface area (Å²) in [7, 11) is 2.03.